The van der Waals surface area contributed by atoms with Gasteiger partial charge >= 0.3 is 6.18 Å². The van der Waals surface area contributed by atoms with Crippen LogP contribution in [0.15, 0.2) is 22.6 Å². The highest BCUT2D eigenvalue weighted by Gasteiger charge is 2.44. The number of benzene rings is 1. The summed E-state index contributed by atoms with van der Waals surface area (Å²) in [6.45, 7) is -0.481. The predicted octanol–water partition coefficient (Wildman–Crippen LogP) is 4.04. The molecule has 1 aromatic carbocycles. The number of halogens is 5. The fraction of sp³-hybridized carbons (Fsp3) is 0.600. The number of hydrogen-bond acceptors (Lipinski definition) is 5. The van der Waals surface area contributed by atoms with E-state index >= 15 is 8.78 Å². The number of aliphatic hydroxyl groups excluding tert-OH is 2. The quantitative estimate of drug-likeness (QED) is 0.637. The summed E-state index contributed by atoms with van der Waals surface area (Å²) in [6.07, 6.45) is -5.52. The van der Waals surface area contributed by atoms with Gasteiger partial charge in [-0.05, 0) is 43.9 Å². The second-order valence-corrected chi connectivity index (χ2v) is 8.07. The van der Waals surface area contributed by atoms with Crippen LogP contribution in [0.4, 0.5) is 27.6 Å². The molecule has 1 atom stereocenters. The molecule has 3 N–H and O–H groups in total. The average molecular weight is 434 g/mol. The van der Waals surface area contributed by atoms with Gasteiger partial charge in [-0.2, -0.15) is 13.2 Å². The molecule has 0 radical (unpaired) electrons. The van der Waals surface area contributed by atoms with Crippen LogP contribution in [0.1, 0.15) is 43.2 Å². The Bertz CT molecular complexity index is 906. The van der Waals surface area contributed by atoms with Gasteiger partial charge in [0, 0.05) is 24.4 Å². The monoisotopic (exact) mass is 434 g/mol. The first-order chi connectivity index (χ1) is 14.1. The van der Waals surface area contributed by atoms with Gasteiger partial charge in [0.25, 0.3) is 5.92 Å². The lowest BCUT2D eigenvalue weighted by atomic mass is 9.83. The molecule has 30 heavy (non-hydrogen) atoms. The van der Waals surface area contributed by atoms with Gasteiger partial charge in [-0.3, -0.25) is 5.32 Å². The highest BCUT2D eigenvalue weighted by molar-refractivity contribution is 5.94. The molecule has 2 aromatic rings. The van der Waals surface area contributed by atoms with Gasteiger partial charge in [0.1, 0.15) is 5.58 Å². The normalized spacial score (nSPS) is 26.0. The van der Waals surface area contributed by atoms with Gasteiger partial charge in [0.05, 0.1) is 23.9 Å². The van der Waals surface area contributed by atoms with E-state index in [2.05, 4.69) is 5.32 Å². The van der Waals surface area contributed by atoms with Crippen LogP contribution in [0.5, 0.6) is 0 Å². The van der Waals surface area contributed by atoms with Crippen LogP contribution in [0, 0.1) is 5.92 Å². The number of rotatable bonds is 3. The lowest BCUT2D eigenvalue weighted by Gasteiger charge is -2.35. The maximum atomic E-state index is 15.1. The molecule has 0 spiro atoms. The molecule has 0 saturated heterocycles. The van der Waals surface area contributed by atoms with Crippen molar-refractivity contribution in [2.24, 2.45) is 5.92 Å². The summed E-state index contributed by atoms with van der Waals surface area (Å²) in [5, 5.41) is 22.7. The molecular weight excluding hydrogens is 411 g/mol. The Morgan fingerprint density at radius 2 is 1.77 bits per heavy atom. The summed E-state index contributed by atoms with van der Waals surface area (Å²) in [7, 11) is 0. The molecule has 4 rings (SSSR count). The lowest BCUT2D eigenvalue weighted by Crippen LogP contribution is -2.45. The van der Waals surface area contributed by atoms with Crippen molar-refractivity contribution >= 4 is 16.7 Å². The van der Waals surface area contributed by atoms with Gasteiger partial charge in [-0.25, -0.2) is 8.78 Å². The Balaban J connectivity index is 1.72. The molecular formula is C20H23F5N2O3. The van der Waals surface area contributed by atoms with Gasteiger partial charge in [-0.15, -0.1) is 0 Å². The third-order valence-electron chi connectivity index (χ3n) is 5.99. The lowest BCUT2D eigenvalue weighted by molar-refractivity contribution is -0.137. The minimum absolute atomic E-state index is 0.0393. The summed E-state index contributed by atoms with van der Waals surface area (Å²) < 4.78 is 75.4. The zero-order valence-electron chi connectivity index (χ0n) is 16.1. The van der Waals surface area contributed by atoms with E-state index in [4.69, 9.17) is 4.42 Å². The molecule has 166 valence electrons. The molecule has 1 aliphatic heterocycles. The van der Waals surface area contributed by atoms with Crippen molar-refractivity contribution in [2.75, 3.05) is 24.5 Å². The number of alkyl halides is 5. The van der Waals surface area contributed by atoms with Gasteiger partial charge in [-0.1, -0.05) is 0 Å². The molecule has 2 aliphatic rings. The van der Waals surface area contributed by atoms with Crippen molar-refractivity contribution < 1.29 is 36.6 Å². The first-order valence-electron chi connectivity index (χ1n) is 9.92. The zero-order valence-corrected chi connectivity index (χ0v) is 16.1. The summed E-state index contributed by atoms with van der Waals surface area (Å²) in [5.74, 6) is -4.11. The maximum absolute atomic E-state index is 15.1. The Kier molecular flexibility index (Phi) is 5.44. The molecule has 1 saturated carbocycles. The third kappa shape index (κ3) is 4.00. The van der Waals surface area contributed by atoms with E-state index in [1.54, 1.807) is 0 Å². The van der Waals surface area contributed by atoms with Crippen molar-refractivity contribution in [2.45, 2.75) is 50.1 Å². The van der Waals surface area contributed by atoms with Crippen molar-refractivity contribution in [1.82, 2.24) is 5.32 Å². The largest absolute Gasteiger partial charge is 0.455 e. The van der Waals surface area contributed by atoms with Gasteiger partial charge < -0.3 is 19.5 Å². The zero-order chi connectivity index (χ0) is 21.7. The van der Waals surface area contributed by atoms with Crippen LogP contribution in [-0.4, -0.2) is 41.9 Å². The van der Waals surface area contributed by atoms with Crippen LogP contribution in [0.3, 0.4) is 0 Å². The van der Waals surface area contributed by atoms with E-state index in [0.29, 0.717) is 12.8 Å². The number of nitrogens with zero attached hydrogens (tertiary/aromatic N) is 1. The minimum Gasteiger partial charge on any atom is -0.455 e. The van der Waals surface area contributed by atoms with Crippen LogP contribution in [0.2, 0.25) is 0 Å². The van der Waals surface area contributed by atoms with Gasteiger partial charge in [0.15, 0.2) is 12.0 Å². The van der Waals surface area contributed by atoms with Crippen LogP contribution in [-0.2, 0) is 6.18 Å². The summed E-state index contributed by atoms with van der Waals surface area (Å²) in [5.41, 5.74) is -0.771. The molecule has 2 heterocycles. The molecule has 1 aliphatic carbocycles. The van der Waals surface area contributed by atoms with Crippen molar-refractivity contribution in [3.63, 3.8) is 0 Å². The number of hydrogen-bond donors (Lipinski definition) is 3. The summed E-state index contributed by atoms with van der Waals surface area (Å²) in [4.78, 5) is 1.30. The average Bonchev–Trinajstić information content (AvgIpc) is 2.98. The van der Waals surface area contributed by atoms with Crippen molar-refractivity contribution in [1.29, 1.82) is 0 Å². The van der Waals surface area contributed by atoms with Crippen molar-refractivity contribution in [3.8, 4) is 0 Å². The summed E-state index contributed by atoms with van der Waals surface area (Å²) >= 11 is 0. The number of fused-ring (bicyclic) bond motifs is 3. The van der Waals surface area contributed by atoms with E-state index in [1.807, 2.05) is 0 Å². The van der Waals surface area contributed by atoms with E-state index in [9.17, 15) is 23.4 Å². The Labute approximate surface area is 169 Å². The van der Waals surface area contributed by atoms with Gasteiger partial charge in [0.2, 0.25) is 0 Å². The number of furan rings is 1. The fourth-order valence-electron chi connectivity index (χ4n) is 4.37. The molecule has 10 heteroatoms. The van der Waals surface area contributed by atoms with E-state index in [0.717, 1.165) is 18.2 Å². The predicted molar refractivity (Wildman–Crippen MR) is 99.3 cm³/mol. The molecule has 1 unspecified atom stereocenters. The highest BCUT2D eigenvalue weighted by atomic mass is 19.4. The minimum atomic E-state index is -4.60. The second kappa shape index (κ2) is 7.65. The first kappa shape index (κ1) is 21.3. The van der Waals surface area contributed by atoms with E-state index < -0.39 is 42.5 Å². The second-order valence-electron chi connectivity index (χ2n) is 8.07. The number of nitrogens with one attached hydrogen (secondary N) is 1. The Hall–Kier alpha value is -1.91. The third-order valence-corrected chi connectivity index (χ3v) is 5.99. The molecule has 0 bridgehead atoms. The highest BCUT2D eigenvalue weighted by Crippen LogP contribution is 2.43. The smallest absolute Gasteiger partial charge is 0.416 e. The number of aliphatic hydroxyl groups is 2. The van der Waals surface area contributed by atoms with E-state index in [1.165, 1.54) is 4.90 Å². The fourth-order valence-corrected chi connectivity index (χ4v) is 4.37. The molecule has 1 aromatic heterocycles. The molecule has 5 nitrogen and oxygen atoms in total. The maximum Gasteiger partial charge on any atom is 0.416 e. The Morgan fingerprint density at radius 1 is 1.07 bits per heavy atom. The standard InChI is InChI=1S/C20H23F5N2O3/c21-19(22,11-1-4-13(28)5-2-11)10-27-8-7-26-18(29)17-16(27)14-9-12(20(23,24)25)3-6-15(14)30-17/h3,6,9,11,13,18,26,28-29H,1-2,4-5,7-8,10H2/t11-,13-,18?. The van der Waals surface area contributed by atoms with E-state index in [-0.39, 0.29) is 48.3 Å². The van der Waals surface area contributed by atoms with Crippen LogP contribution >= 0.6 is 0 Å². The van der Waals surface area contributed by atoms with Crippen LogP contribution < -0.4 is 10.2 Å². The number of anilines is 1. The molecule has 0 amide bonds. The topological polar surface area (TPSA) is 68.9 Å². The summed E-state index contributed by atoms with van der Waals surface area (Å²) in [6, 6.07) is 2.87. The van der Waals surface area contributed by atoms with Crippen molar-refractivity contribution in [3.05, 3.63) is 29.5 Å². The first-order valence-corrected chi connectivity index (χ1v) is 9.92. The SMILES string of the molecule is OC1NCCN(CC(F)(F)[C@H]2CC[C@H](O)CC2)c2c1oc1ccc(C(F)(F)F)cc21. The Morgan fingerprint density at radius 3 is 2.43 bits per heavy atom. The van der Waals surface area contributed by atoms with Crippen LogP contribution in [0.25, 0.3) is 11.0 Å². The molecule has 1 fully saturated rings.